The van der Waals surface area contributed by atoms with Crippen molar-refractivity contribution in [3.63, 3.8) is 0 Å². The Morgan fingerprint density at radius 1 is 1.41 bits per heavy atom. The van der Waals surface area contributed by atoms with Crippen molar-refractivity contribution < 1.29 is 0 Å². The molecule has 0 spiro atoms. The Hall–Kier alpha value is -1.79. The number of aromatic nitrogens is 4. The lowest BCUT2D eigenvalue weighted by atomic mass is 10.0. The molecule has 0 aliphatic carbocycles. The quantitative estimate of drug-likeness (QED) is 0.577. The highest BCUT2D eigenvalue weighted by molar-refractivity contribution is 5.16. The van der Waals surface area contributed by atoms with Crippen molar-refractivity contribution in [3.05, 3.63) is 42.0 Å². The summed E-state index contributed by atoms with van der Waals surface area (Å²) >= 11 is 0. The number of nitrogens with one attached hydrogen (secondary N) is 1. The van der Waals surface area contributed by atoms with Crippen molar-refractivity contribution >= 4 is 0 Å². The number of hydrogen-bond donors (Lipinski definition) is 2. The molecule has 3 N–H and O–H groups in total. The van der Waals surface area contributed by atoms with Gasteiger partial charge < -0.3 is 0 Å². The van der Waals surface area contributed by atoms with Crippen molar-refractivity contribution in [2.45, 2.75) is 25.9 Å². The Balaban J connectivity index is 2.10. The van der Waals surface area contributed by atoms with E-state index in [0.717, 1.165) is 24.1 Å². The van der Waals surface area contributed by atoms with Crippen LogP contribution in [0.2, 0.25) is 0 Å². The van der Waals surface area contributed by atoms with Crippen LogP contribution in [0, 0.1) is 0 Å². The minimum atomic E-state index is 0.0278. The molecule has 0 saturated carbocycles. The Morgan fingerprint density at radius 2 is 2.29 bits per heavy atom. The molecule has 90 valence electrons. The summed E-state index contributed by atoms with van der Waals surface area (Å²) < 4.78 is 1.90. The smallest absolute Gasteiger partial charge is 0.0544 e. The standard InChI is InChI=1S/C11H16N6/c1-2-17-8-9(6-15-17)5-11(16-12)10-3-4-13-14-7-10/h3-4,6-8,11,16H,2,5,12H2,1H3. The average Bonchev–Trinajstić information content (AvgIpc) is 2.84. The molecular weight excluding hydrogens is 216 g/mol. The molecule has 2 rings (SSSR count). The molecule has 0 aromatic carbocycles. The summed E-state index contributed by atoms with van der Waals surface area (Å²) in [5.41, 5.74) is 4.95. The molecule has 0 bridgehead atoms. The van der Waals surface area contributed by atoms with Crippen LogP contribution in [-0.4, -0.2) is 20.0 Å². The van der Waals surface area contributed by atoms with Gasteiger partial charge in [-0.3, -0.25) is 16.0 Å². The van der Waals surface area contributed by atoms with E-state index in [4.69, 9.17) is 5.84 Å². The highest BCUT2D eigenvalue weighted by atomic mass is 15.3. The maximum Gasteiger partial charge on any atom is 0.0544 e. The number of nitrogens with two attached hydrogens (primary N) is 1. The van der Waals surface area contributed by atoms with Gasteiger partial charge >= 0.3 is 0 Å². The zero-order valence-electron chi connectivity index (χ0n) is 9.74. The van der Waals surface area contributed by atoms with E-state index in [2.05, 4.69) is 27.6 Å². The van der Waals surface area contributed by atoms with Crippen molar-refractivity contribution in [2.24, 2.45) is 5.84 Å². The van der Waals surface area contributed by atoms with Crippen LogP contribution in [0.1, 0.15) is 24.1 Å². The number of nitrogens with zero attached hydrogens (tertiary/aromatic N) is 4. The Morgan fingerprint density at radius 3 is 2.88 bits per heavy atom. The molecule has 2 heterocycles. The van der Waals surface area contributed by atoms with Crippen LogP contribution in [0.5, 0.6) is 0 Å². The van der Waals surface area contributed by atoms with Crippen molar-refractivity contribution in [1.29, 1.82) is 0 Å². The Labute approximate surface area is 99.8 Å². The molecule has 1 atom stereocenters. The van der Waals surface area contributed by atoms with E-state index in [1.54, 1.807) is 12.4 Å². The van der Waals surface area contributed by atoms with Crippen LogP contribution in [-0.2, 0) is 13.0 Å². The van der Waals surface area contributed by atoms with Gasteiger partial charge in [-0.15, -0.1) is 0 Å². The molecule has 2 aromatic rings. The third-order valence-corrected chi connectivity index (χ3v) is 2.66. The fourth-order valence-corrected chi connectivity index (χ4v) is 1.70. The topological polar surface area (TPSA) is 81.7 Å². The zero-order valence-corrected chi connectivity index (χ0v) is 9.74. The molecule has 0 amide bonds. The normalized spacial score (nSPS) is 12.6. The number of hydrogen-bond acceptors (Lipinski definition) is 5. The molecule has 0 radical (unpaired) electrons. The maximum atomic E-state index is 5.57. The predicted molar refractivity (Wildman–Crippen MR) is 63.7 cm³/mol. The summed E-state index contributed by atoms with van der Waals surface area (Å²) in [6, 6.07) is 1.93. The molecule has 17 heavy (non-hydrogen) atoms. The third kappa shape index (κ3) is 2.86. The van der Waals surface area contributed by atoms with Gasteiger partial charge in [0.2, 0.25) is 0 Å². The SMILES string of the molecule is CCn1cc(CC(NN)c2ccnnc2)cn1. The first-order valence-corrected chi connectivity index (χ1v) is 5.57. The second-order valence-corrected chi connectivity index (χ2v) is 3.80. The van der Waals surface area contributed by atoms with Gasteiger partial charge in [-0.1, -0.05) is 0 Å². The number of aryl methyl sites for hydroxylation is 1. The summed E-state index contributed by atoms with van der Waals surface area (Å²) in [6.07, 6.45) is 8.05. The van der Waals surface area contributed by atoms with Gasteiger partial charge in [0.25, 0.3) is 0 Å². The summed E-state index contributed by atoms with van der Waals surface area (Å²) in [4.78, 5) is 0. The van der Waals surface area contributed by atoms with Crippen LogP contribution in [0.3, 0.4) is 0 Å². The second-order valence-electron chi connectivity index (χ2n) is 3.80. The van der Waals surface area contributed by atoms with Crippen molar-refractivity contribution in [2.75, 3.05) is 0 Å². The lowest BCUT2D eigenvalue weighted by Crippen LogP contribution is -2.29. The highest BCUT2D eigenvalue weighted by Crippen LogP contribution is 2.15. The van der Waals surface area contributed by atoms with Crippen LogP contribution < -0.4 is 11.3 Å². The number of hydrazine groups is 1. The lowest BCUT2D eigenvalue weighted by Gasteiger charge is -2.14. The second kappa shape index (κ2) is 5.51. The first-order chi connectivity index (χ1) is 8.33. The van der Waals surface area contributed by atoms with Crippen LogP contribution >= 0.6 is 0 Å². The zero-order chi connectivity index (χ0) is 12.1. The van der Waals surface area contributed by atoms with Crippen LogP contribution in [0.4, 0.5) is 0 Å². The van der Waals surface area contributed by atoms with E-state index in [-0.39, 0.29) is 6.04 Å². The minimum absolute atomic E-state index is 0.0278. The van der Waals surface area contributed by atoms with E-state index in [1.165, 1.54) is 0 Å². The van der Waals surface area contributed by atoms with Crippen LogP contribution in [0.25, 0.3) is 0 Å². The fourth-order valence-electron chi connectivity index (χ4n) is 1.70. The van der Waals surface area contributed by atoms with Gasteiger partial charge in [0.15, 0.2) is 0 Å². The van der Waals surface area contributed by atoms with Gasteiger partial charge in [0.1, 0.15) is 0 Å². The third-order valence-electron chi connectivity index (χ3n) is 2.66. The van der Waals surface area contributed by atoms with E-state index < -0.39 is 0 Å². The van der Waals surface area contributed by atoms with Crippen molar-refractivity contribution in [1.82, 2.24) is 25.4 Å². The Bertz CT molecular complexity index is 452. The molecular formula is C11H16N6. The minimum Gasteiger partial charge on any atom is -0.273 e. The summed E-state index contributed by atoms with van der Waals surface area (Å²) in [6.45, 7) is 2.93. The van der Waals surface area contributed by atoms with E-state index >= 15 is 0 Å². The summed E-state index contributed by atoms with van der Waals surface area (Å²) in [5.74, 6) is 5.57. The molecule has 0 aliphatic heterocycles. The van der Waals surface area contributed by atoms with Gasteiger partial charge in [-0.2, -0.15) is 15.3 Å². The van der Waals surface area contributed by atoms with E-state index in [9.17, 15) is 0 Å². The van der Waals surface area contributed by atoms with Gasteiger partial charge in [-0.25, -0.2) is 0 Å². The summed E-state index contributed by atoms with van der Waals surface area (Å²) in [7, 11) is 0. The number of rotatable bonds is 5. The van der Waals surface area contributed by atoms with Crippen molar-refractivity contribution in [3.8, 4) is 0 Å². The van der Waals surface area contributed by atoms with E-state index in [0.29, 0.717) is 0 Å². The average molecular weight is 232 g/mol. The molecule has 6 nitrogen and oxygen atoms in total. The largest absolute Gasteiger partial charge is 0.273 e. The first kappa shape index (κ1) is 11.7. The summed E-state index contributed by atoms with van der Waals surface area (Å²) in [5, 5.41) is 11.8. The molecule has 0 aliphatic rings. The van der Waals surface area contributed by atoms with Gasteiger partial charge in [0, 0.05) is 18.9 Å². The van der Waals surface area contributed by atoms with E-state index in [1.807, 2.05) is 23.1 Å². The molecule has 1 unspecified atom stereocenters. The monoisotopic (exact) mass is 232 g/mol. The maximum absolute atomic E-state index is 5.57. The first-order valence-electron chi connectivity index (χ1n) is 5.57. The van der Waals surface area contributed by atoms with Crippen LogP contribution in [0.15, 0.2) is 30.9 Å². The molecule has 0 saturated heterocycles. The van der Waals surface area contributed by atoms with Gasteiger partial charge in [0.05, 0.1) is 18.4 Å². The predicted octanol–water partition coefficient (Wildman–Crippen LogP) is 0.440. The molecule has 0 fully saturated rings. The molecule has 6 heteroatoms. The lowest BCUT2D eigenvalue weighted by molar-refractivity contribution is 0.548. The fraction of sp³-hybridized carbons (Fsp3) is 0.364. The highest BCUT2D eigenvalue weighted by Gasteiger charge is 2.11. The molecule has 2 aromatic heterocycles. The Kier molecular flexibility index (Phi) is 3.79. The van der Waals surface area contributed by atoms with Gasteiger partial charge in [-0.05, 0) is 30.5 Å².